The number of nitrogens with one attached hydrogen (secondary N) is 1. The molecule has 0 saturated carbocycles. The van der Waals surface area contributed by atoms with E-state index in [0.717, 1.165) is 10.9 Å². The van der Waals surface area contributed by atoms with Crippen molar-refractivity contribution in [3.63, 3.8) is 0 Å². The average Bonchev–Trinajstić information content (AvgIpc) is 2.28. The third-order valence-corrected chi connectivity index (χ3v) is 2.82. The zero-order valence-corrected chi connectivity index (χ0v) is 11.5. The van der Waals surface area contributed by atoms with Gasteiger partial charge in [0.2, 0.25) is 5.91 Å². The first-order valence-corrected chi connectivity index (χ1v) is 6.31. The molecule has 0 unspecified atom stereocenters. The molecule has 17 heavy (non-hydrogen) atoms. The standard InChI is InChI=1S/C13H15BrN2O/c1-9(2)3-6-13(17)16-12-5-4-11(14)7-10(12)8-15/h4-5,7,9H,3,6H2,1-2H3,(H,16,17). The van der Waals surface area contributed by atoms with E-state index in [9.17, 15) is 4.79 Å². The van der Waals surface area contributed by atoms with Gasteiger partial charge in [-0.05, 0) is 30.5 Å². The molecule has 0 saturated heterocycles. The number of carbonyl (C=O) groups is 1. The highest BCUT2D eigenvalue weighted by Crippen LogP contribution is 2.20. The summed E-state index contributed by atoms with van der Waals surface area (Å²) in [5.41, 5.74) is 1.04. The number of nitrogens with zero attached hydrogens (tertiary/aromatic N) is 1. The number of amides is 1. The maximum atomic E-state index is 11.6. The van der Waals surface area contributed by atoms with E-state index in [1.165, 1.54) is 0 Å². The molecule has 0 aliphatic carbocycles. The number of benzene rings is 1. The molecule has 1 aromatic rings. The van der Waals surface area contributed by atoms with Gasteiger partial charge in [0.05, 0.1) is 11.3 Å². The van der Waals surface area contributed by atoms with Gasteiger partial charge in [0.15, 0.2) is 0 Å². The Bertz CT molecular complexity index is 449. The molecule has 3 nitrogen and oxygen atoms in total. The number of hydrogen-bond acceptors (Lipinski definition) is 2. The van der Waals surface area contributed by atoms with Gasteiger partial charge in [0, 0.05) is 10.9 Å². The van der Waals surface area contributed by atoms with Crippen molar-refractivity contribution in [2.45, 2.75) is 26.7 Å². The Balaban J connectivity index is 2.69. The Morgan fingerprint density at radius 1 is 1.53 bits per heavy atom. The smallest absolute Gasteiger partial charge is 0.224 e. The molecule has 90 valence electrons. The molecule has 0 heterocycles. The minimum atomic E-state index is -0.0440. The van der Waals surface area contributed by atoms with Crippen LogP contribution in [0.2, 0.25) is 0 Å². The minimum absolute atomic E-state index is 0.0440. The second-order valence-corrected chi connectivity index (χ2v) is 5.20. The normalized spacial score (nSPS) is 10.1. The van der Waals surface area contributed by atoms with Gasteiger partial charge in [-0.1, -0.05) is 29.8 Å². The molecular weight excluding hydrogens is 280 g/mol. The Hall–Kier alpha value is -1.34. The van der Waals surface area contributed by atoms with E-state index >= 15 is 0 Å². The van der Waals surface area contributed by atoms with Crippen LogP contribution in [0.1, 0.15) is 32.3 Å². The topological polar surface area (TPSA) is 52.9 Å². The van der Waals surface area contributed by atoms with Crippen molar-refractivity contribution in [3.8, 4) is 6.07 Å². The van der Waals surface area contributed by atoms with Crippen LogP contribution in [0.25, 0.3) is 0 Å². The summed E-state index contributed by atoms with van der Waals surface area (Å²) in [7, 11) is 0. The highest BCUT2D eigenvalue weighted by atomic mass is 79.9. The van der Waals surface area contributed by atoms with Crippen molar-refractivity contribution >= 4 is 27.5 Å². The fourth-order valence-electron chi connectivity index (χ4n) is 1.35. The van der Waals surface area contributed by atoms with Crippen LogP contribution in [-0.2, 0) is 4.79 Å². The number of carbonyl (C=O) groups excluding carboxylic acids is 1. The number of rotatable bonds is 4. The van der Waals surface area contributed by atoms with Crippen LogP contribution in [0.4, 0.5) is 5.69 Å². The third-order valence-electron chi connectivity index (χ3n) is 2.32. The minimum Gasteiger partial charge on any atom is -0.325 e. The van der Waals surface area contributed by atoms with Crippen LogP contribution in [0.5, 0.6) is 0 Å². The first-order valence-electron chi connectivity index (χ1n) is 5.52. The molecule has 1 aromatic carbocycles. The highest BCUT2D eigenvalue weighted by Gasteiger charge is 2.07. The van der Waals surface area contributed by atoms with Crippen LogP contribution in [0.15, 0.2) is 22.7 Å². The van der Waals surface area contributed by atoms with Gasteiger partial charge in [0.25, 0.3) is 0 Å². The molecule has 0 radical (unpaired) electrons. The summed E-state index contributed by atoms with van der Waals surface area (Å²) < 4.78 is 0.828. The SMILES string of the molecule is CC(C)CCC(=O)Nc1ccc(Br)cc1C#N. The summed E-state index contributed by atoms with van der Waals surface area (Å²) in [5.74, 6) is 0.457. The van der Waals surface area contributed by atoms with Gasteiger partial charge in [-0.3, -0.25) is 4.79 Å². The highest BCUT2D eigenvalue weighted by molar-refractivity contribution is 9.10. The van der Waals surface area contributed by atoms with Crippen molar-refractivity contribution in [2.24, 2.45) is 5.92 Å². The Kier molecular flexibility index (Phi) is 5.17. The summed E-state index contributed by atoms with van der Waals surface area (Å²) in [6, 6.07) is 7.29. The number of hydrogen-bond donors (Lipinski definition) is 1. The van der Waals surface area contributed by atoms with E-state index in [2.05, 4.69) is 41.2 Å². The van der Waals surface area contributed by atoms with Gasteiger partial charge in [-0.15, -0.1) is 0 Å². The largest absolute Gasteiger partial charge is 0.325 e. The summed E-state index contributed by atoms with van der Waals surface area (Å²) in [5, 5.41) is 11.7. The fourth-order valence-corrected chi connectivity index (χ4v) is 1.71. The summed E-state index contributed by atoms with van der Waals surface area (Å²) in [4.78, 5) is 11.6. The van der Waals surface area contributed by atoms with E-state index in [1.54, 1.807) is 18.2 Å². The summed E-state index contributed by atoms with van der Waals surface area (Å²) in [6.07, 6.45) is 1.34. The van der Waals surface area contributed by atoms with E-state index in [0.29, 0.717) is 23.6 Å². The Labute approximate surface area is 110 Å². The molecule has 0 spiro atoms. The first kappa shape index (κ1) is 13.7. The fraction of sp³-hybridized carbons (Fsp3) is 0.385. The monoisotopic (exact) mass is 294 g/mol. The second-order valence-electron chi connectivity index (χ2n) is 4.28. The van der Waals surface area contributed by atoms with Crippen molar-refractivity contribution in [3.05, 3.63) is 28.2 Å². The van der Waals surface area contributed by atoms with E-state index < -0.39 is 0 Å². The summed E-state index contributed by atoms with van der Waals surface area (Å²) >= 11 is 3.29. The van der Waals surface area contributed by atoms with Gasteiger partial charge < -0.3 is 5.32 Å². The van der Waals surface area contributed by atoms with E-state index in [4.69, 9.17) is 5.26 Å². The van der Waals surface area contributed by atoms with Gasteiger partial charge in [-0.2, -0.15) is 5.26 Å². The predicted octanol–water partition coefficient (Wildman–Crippen LogP) is 3.70. The van der Waals surface area contributed by atoms with Crippen LogP contribution in [-0.4, -0.2) is 5.91 Å². The maximum absolute atomic E-state index is 11.6. The summed E-state index contributed by atoms with van der Waals surface area (Å²) in [6.45, 7) is 4.15. The third kappa shape index (κ3) is 4.58. The van der Waals surface area contributed by atoms with Crippen molar-refractivity contribution < 1.29 is 4.79 Å². The first-order chi connectivity index (χ1) is 8.02. The average molecular weight is 295 g/mol. The van der Waals surface area contributed by atoms with Gasteiger partial charge >= 0.3 is 0 Å². The molecule has 1 N–H and O–H groups in total. The van der Waals surface area contributed by atoms with Crippen molar-refractivity contribution in [2.75, 3.05) is 5.32 Å². The zero-order chi connectivity index (χ0) is 12.8. The molecule has 4 heteroatoms. The maximum Gasteiger partial charge on any atom is 0.224 e. The van der Waals surface area contributed by atoms with Crippen LogP contribution >= 0.6 is 15.9 Å². The van der Waals surface area contributed by atoms with E-state index in [1.807, 2.05) is 0 Å². The quantitative estimate of drug-likeness (QED) is 0.921. The number of nitriles is 1. The predicted molar refractivity (Wildman–Crippen MR) is 71.6 cm³/mol. The lowest BCUT2D eigenvalue weighted by atomic mass is 10.1. The Morgan fingerprint density at radius 3 is 2.82 bits per heavy atom. The lowest BCUT2D eigenvalue weighted by Crippen LogP contribution is -2.13. The molecule has 0 bridgehead atoms. The molecule has 0 aromatic heterocycles. The van der Waals surface area contributed by atoms with Crippen molar-refractivity contribution in [1.29, 1.82) is 5.26 Å². The molecular formula is C13H15BrN2O. The molecule has 1 amide bonds. The molecule has 0 aliphatic heterocycles. The van der Waals surface area contributed by atoms with Crippen LogP contribution in [0, 0.1) is 17.2 Å². The molecule has 0 aliphatic rings. The lowest BCUT2D eigenvalue weighted by Gasteiger charge is -2.08. The molecule has 0 atom stereocenters. The molecule has 0 fully saturated rings. The van der Waals surface area contributed by atoms with Crippen LogP contribution in [0.3, 0.4) is 0 Å². The Morgan fingerprint density at radius 2 is 2.24 bits per heavy atom. The van der Waals surface area contributed by atoms with E-state index in [-0.39, 0.29) is 5.91 Å². The lowest BCUT2D eigenvalue weighted by molar-refractivity contribution is -0.116. The number of anilines is 1. The van der Waals surface area contributed by atoms with Gasteiger partial charge in [0.1, 0.15) is 6.07 Å². The zero-order valence-electron chi connectivity index (χ0n) is 9.96. The number of halogens is 1. The van der Waals surface area contributed by atoms with Crippen LogP contribution < -0.4 is 5.32 Å². The second kappa shape index (κ2) is 6.41. The van der Waals surface area contributed by atoms with Gasteiger partial charge in [-0.25, -0.2) is 0 Å². The molecule has 1 rings (SSSR count). The van der Waals surface area contributed by atoms with Crippen molar-refractivity contribution in [1.82, 2.24) is 0 Å².